The molecular formula is C11H15NO4S2. The molecule has 1 atom stereocenters. The van der Waals surface area contributed by atoms with E-state index in [0.717, 1.165) is 4.90 Å². The van der Waals surface area contributed by atoms with Crippen molar-refractivity contribution in [2.75, 3.05) is 12.8 Å². The standard InChI is InChI=1S/C11H15NO4S2/c1-8(11(13)14)7-17-9-3-5-10(6-4-9)18(15,16)12-2/h3-6,8,12H,7H2,1-2H3,(H,13,14). The van der Waals surface area contributed by atoms with Crippen molar-refractivity contribution in [2.45, 2.75) is 16.7 Å². The maximum atomic E-state index is 11.5. The van der Waals surface area contributed by atoms with Crippen molar-refractivity contribution >= 4 is 27.8 Å². The van der Waals surface area contributed by atoms with Gasteiger partial charge < -0.3 is 5.11 Å². The Hall–Kier alpha value is -1.05. The predicted octanol–water partition coefficient (Wildman–Crippen LogP) is 1.41. The van der Waals surface area contributed by atoms with Crippen LogP contribution in [0, 0.1) is 5.92 Å². The molecule has 1 unspecified atom stereocenters. The molecule has 0 bridgehead atoms. The van der Waals surface area contributed by atoms with Gasteiger partial charge in [-0.25, -0.2) is 13.1 Å². The van der Waals surface area contributed by atoms with E-state index in [0.29, 0.717) is 5.75 Å². The molecule has 0 fully saturated rings. The van der Waals surface area contributed by atoms with Gasteiger partial charge >= 0.3 is 5.97 Å². The molecule has 2 N–H and O–H groups in total. The summed E-state index contributed by atoms with van der Waals surface area (Å²) in [6, 6.07) is 6.34. The van der Waals surface area contributed by atoms with Gasteiger partial charge in [-0.3, -0.25) is 4.79 Å². The molecule has 0 aromatic heterocycles. The number of carbonyl (C=O) groups is 1. The lowest BCUT2D eigenvalue weighted by atomic mass is 10.2. The van der Waals surface area contributed by atoms with Crippen LogP contribution in [0.1, 0.15) is 6.92 Å². The number of rotatable bonds is 6. The van der Waals surface area contributed by atoms with Crippen LogP contribution in [0.25, 0.3) is 0 Å². The van der Waals surface area contributed by atoms with E-state index < -0.39 is 21.9 Å². The van der Waals surface area contributed by atoms with Gasteiger partial charge in [0.1, 0.15) is 0 Å². The number of benzene rings is 1. The molecule has 1 aromatic rings. The zero-order valence-electron chi connectivity index (χ0n) is 10.1. The van der Waals surface area contributed by atoms with Crippen LogP contribution in [0.5, 0.6) is 0 Å². The lowest BCUT2D eigenvalue weighted by Gasteiger charge is -2.07. The highest BCUT2D eigenvalue weighted by Gasteiger charge is 2.13. The number of hydrogen-bond acceptors (Lipinski definition) is 4. The van der Waals surface area contributed by atoms with E-state index in [4.69, 9.17) is 5.11 Å². The third-order valence-electron chi connectivity index (χ3n) is 2.32. The monoisotopic (exact) mass is 289 g/mol. The summed E-state index contributed by atoms with van der Waals surface area (Å²) >= 11 is 1.39. The van der Waals surface area contributed by atoms with E-state index in [-0.39, 0.29) is 4.90 Å². The summed E-state index contributed by atoms with van der Waals surface area (Å²) in [5.74, 6) is -0.819. The van der Waals surface area contributed by atoms with E-state index in [9.17, 15) is 13.2 Å². The van der Waals surface area contributed by atoms with Gasteiger partial charge in [0.15, 0.2) is 0 Å². The Morgan fingerprint density at radius 3 is 2.39 bits per heavy atom. The predicted molar refractivity (Wildman–Crippen MR) is 70.2 cm³/mol. The summed E-state index contributed by atoms with van der Waals surface area (Å²) in [6.07, 6.45) is 0. The highest BCUT2D eigenvalue weighted by atomic mass is 32.2. The molecular weight excluding hydrogens is 274 g/mol. The van der Waals surface area contributed by atoms with Crippen LogP contribution in [0.2, 0.25) is 0 Å². The molecule has 0 spiro atoms. The third-order valence-corrected chi connectivity index (χ3v) is 5.03. The second-order valence-corrected chi connectivity index (χ2v) is 6.71. The second-order valence-electron chi connectivity index (χ2n) is 3.73. The molecule has 5 nitrogen and oxygen atoms in total. The Morgan fingerprint density at radius 2 is 1.94 bits per heavy atom. The molecule has 0 aliphatic heterocycles. The van der Waals surface area contributed by atoms with E-state index >= 15 is 0 Å². The zero-order chi connectivity index (χ0) is 13.8. The molecule has 7 heteroatoms. The highest BCUT2D eigenvalue weighted by molar-refractivity contribution is 7.99. The maximum absolute atomic E-state index is 11.5. The Kier molecular flexibility index (Phi) is 5.18. The van der Waals surface area contributed by atoms with E-state index in [1.54, 1.807) is 19.1 Å². The van der Waals surface area contributed by atoms with Crippen molar-refractivity contribution in [3.63, 3.8) is 0 Å². The van der Waals surface area contributed by atoms with E-state index in [1.165, 1.54) is 30.9 Å². The number of carboxylic acids is 1. The topological polar surface area (TPSA) is 83.5 Å². The first-order valence-electron chi connectivity index (χ1n) is 5.26. The fourth-order valence-electron chi connectivity index (χ4n) is 1.13. The summed E-state index contributed by atoms with van der Waals surface area (Å²) in [4.78, 5) is 11.7. The van der Waals surface area contributed by atoms with Crippen LogP contribution in [0.3, 0.4) is 0 Å². The minimum atomic E-state index is -3.41. The van der Waals surface area contributed by atoms with Gasteiger partial charge in [0.05, 0.1) is 10.8 Å². The average Bonchev–Trinajstić information content (AvgIpc) is 2.36. The second kappa shape index (κ2) is 6.21. The molecule has 100 valence electrons. The smallest absolute Gasteiger partial charge is 0.307 e. The Labute approximate surface area is 111 Å². The lowest BCUT2D eigenvalue weighted by Crippen LogP contribution is -2.18. The van der Waals surface area contributed by atoms with Crippen molar-refractivity contribution in [3.05, 3.63) is 24.3 Å². The number of carboxylic acid groups (broad SMARTS) is 1. The molecule has 0 saturated carbocycles. The van der Waals surface area contributed by atoms with Crippen LogP contribution in [-0.4, -0.2) is 32.3 Å². The first kappa shape index (κ1) is 15.0. The van der Waals surface area contributed by atoms with Crippen molar-refractivity contribution < 1.29 is 18.3 Å². The summed E-state index contributed by atoms with van der Waals surface area (Å²) in [7, 11) is -2.06. The minimum absolute atomic E-state index is 0.195. The third kappa shape index (κ3) is 4.01. The number of hydrogen-bond donors (Lipinski definition) is 2. The molecule has 0 amide bonds. The van der Waals surface area contributed by atoms with Crippen LogP contribution in [-0.2, 0) is 14.8 Å². The maximum Gasteiger partial charge on any atom is 0.307 e. The minimum Gasteiger partial charge on any atom is -0.481 e. The fourth-order valence-corrected chi connectivity index (χ4v) is 2.77. The normalized spacial score (nSPS) is 13.2. The van der Waals surface area contributed by atoms with Gasteiger partial charge in [0.2, 0.25) is 10.0 Å². The Morgan fingerprint density at radius 1 is 1.39 bits per heavy atom. The molecule has 1 aromatic carbocycles. The van der Waals surface area contributed by atoms with Crippen LogP contribution < -0.4 is 4.72 Å². The van der Waals surface area contributed by atoms with Gasteiger partial charge in [0.25, 0.3) is 0 Å². The largest absolute Gasteiger partial charge is 0.481 e. The number of aliphatic carboxylic acids is 1. The van der Waals surface area contributed by atoms with Crippen LogP contribution >= 0.6 is 11.8 Å². The molecule has 0 aliphatic rings. The molecule has 0 saturated heterocycles. The van der Waals surface area contributed by atoms with Gasteiger partial charge in [-0.05, 0) is 31.3 Å². The SMILES string of the molecule is CNS(=O)(=O)c1ccc(SCC(C)C(=O)O)cc1. The molecule has 0 radical (unpaired) electrons. The van der Waals surface area contributed by atoms with Crippen LogP contribution in [0.15, 0.2) is 34.1 Å². The lowest BCUT2D eigenvalue weighted by molar-refractivity contribution is -0.140. The summed E-state index contributed by atoms with van der Waals surface area (Å²) in [5, 5.41) is 8.74. The highest BCUT2D eigenvalue weighted by Crippen LogP contribution is 2.22. The Balaban J connectivity index is 2.70. The Bertz CT molecular complexity index is 510. The van der Waals surface area contributed by atoms with E-state index in [1.807, 2.05) is 0 Å². The average molecular weight is 289 g/mol. The zero-order valence-corrected chi connectivity index (χ0v) is 11.7. The summed E-state index contributed by atoms with van der Waals surface area (Å²) in [6.45, 7) is 1.63. The molecule has 18 heavy (non-hydrogen) atoms. The number of sulfonamides is 1. The van der Waals surface area contributed by atoms with Crippen molar-refractivity contribution in [3.8, 4) is 0 Å². The summed E-state index contributed by atoms with van der Waals surface area (Å²) < 4.78 is 25.2. The summed E-state index contributed by atoms with van der Waals surface area (Å²) in [5.41, 5.74) is 0. The number of thioether (sulfide) groups is 1. The fraction of sp³-hybridized carbons (Fsp3) is 0.364. The van der Waals surface area contributed by atoms with Crippen LogP contribution in [0.4, 0.5) is 0 Å². The quantitative estimate of drug-likeness (QED) is 0.774. The molecule has 0 aliphatic carbocycles. The van der Waals surface area contributed by atoms with Gasteiger partial charge in [-0.2, -0.15) is 0 Å². The number of nitrogens with one attached hydrogen (secondary N) is 1. The van der Waals surface area contributed by atoms with Crippen molar-refractivity contribution in [2.24, 2.45) is 5.92 Å². The first-order valence-corrected chi connectivity index (χ1v) is 7.73. The van der Waals surface area contributed by atoms with Gasteiger partial charge in [0, 0.05) is 10.6 Å². The first-order chi connectivity index (χ1) is 8.36. The molecule has 1 rings (SSSR count). The van der Waals surface area contributed by atoms with E-state index in [2.05, 4.69) is 4.72 Å². The molecule has 0 heterocycles. The van der Waals surface area contributed by atoms with Gasteiger partial charge in [-0.1, -0.05) is 6.92 Å². The van der Waals surface area contributed by atoms with Crippen molar-refractivity contribution in [1.29, 1.82) is 0 Å². The van der Waals surface area contributed by atoms with Gasteiger partial charge in [-0.15, -0.1) is 11.8 Å². The van der Waals surface area contributed by atoms with Crippen molar-refractivity contribution in [1.82, 2.24) is 4.72 Å².